The summed E-state index contributed by atoms with van der Waals surface area (Å²) >= 11 is 0. The maximum Gasteiger partial charge on any atom is 0.164 e. The number of nitrogens with zero attached hydrogens (tertiary/aromatic N) is 4. The molecule has 1 aliphatic heterocycles. The van der Waals surface area contributed by atoms with Gasteiger partial charge < -0.3 is 9.15 Å². The minimum Gasteiger partial charge on any atom is -0.461 e. The Labute approximate surface area is 190 Å². The Morgan fingerprint density at radius 3 is 2.58 bits per heavy atom. The van der Waals surface area contributed by atoms with Crippen molar-refractivity contribution in [3.63, 3.8) is 0 Å². The summed E-state index contributed by atoms with van der Waals surface area (Å²) in [5, 5.41) is 5.59. The summed E-state index contributed by atoms with van der Waals surface area (Å²) < 4.78 is 40.8. The summed E-state index contributed by atoms with van der Waals surface area (Å²) in [5.41, 5.74) is 1.97. The first kappa shape index (κ1) is 21.7. The van der Waals surface area contributed by atoms with E-state index in [-0.39, 0.29) is 12.2 Å². The molecule has 6 nitrogen and oxygen atoms in total. The Morgan fingerprint density at radius 2 is 1.82 bits per heavy atom. The van der Waals surface area contributed by atoms with Gasteiger partial charge in [-0.1, -0.05) is 12.1 Å². The molecule has 8 heteroatoms. The molecule has 1 aliphatic rings. The largest absolute Gasteiger partial charge is 0.461 e. The zero-order valence-electron chi connectivity index (χ0n) is 18.9. The fourth-order valence-corrected chi connectivity index (χ4v) is 4.54. The lowest BCUT2D eigenvalue weighted by molar-refractivity contribution is -0.0676. The van der Waals surface area contributed by atoms with Crippen LogP contribution in [0.1, 0.15) is 25.4 Å². The molecule has 3 heterocycles. The molecule has 5 rings (SSSR count). The van der Waals surface area contributed by atoms with E-state index in [0.29, 0.717) is 23.8 Å². The van der Waals surface area contributed by atoms with Crippen molar-refractivity contribution in [1.29, 1.82) is 0 Å². The fraction of sp³-hybridized carbons (Fsp3) is 0.360. The molecule has 172 valence electrons. The number of aryl methyl sites for hydroxylation is 1. The normalized spacial score (nSPS) is 19.4. The number of fused-ring (bicyclic) bond motifs is 1. The van der Waals surface area contributed by atoms with Crippen LogP contribution >= 0.6 is 0 Å². The summed E-state index contributed by atoms with van der Waals surface area (Å²) in [4.78, 5) is 7.17. The summed E-state index contributed by atoms with van der Waals surface area (Å²) in [7, 11) is 0. The Balaban J connectivity index is 1.53. The molecule has 0 bridgehead atoms. The highest BCUT2D eigenvalue weighted by Crippen LogP contribution is 2.31. The summed E-state index contributed by atoms with van der Waals surface area (Å²) in [6.07, 6.45) is 0.988. The average Bonchev–Trinajstić information content (AvgIpc) is 3.36. The lowest BCUT2D eigenvalue weighted by Crippen LogP contribution is -2.46. The van der Waals surface area contributed by atoms with E-state index in [4.69, 9.17) is 19.2 Å². The molecule has 1 saturated heterocycles. The van der Waals surface area contributed by atoms with Crippen molar-refractivity contribution in [2.24, 2.45) is 0 Å². The van der Waals surface area contributed by atoms with Gasteiger partial charge in [0.1, 0.15) is 11.3 Å². The van der Waals surface area contributed by atoms with Crippen molar-refractivity contribution in [3.8, 4) is 17.1 Å². The monoisotopic (exact) mass is 452 g/mol. The second-order valence-corrected chi connectivity index (χ2v) is 8.70. The standard InChI is InChI=1S/C25H26F2N4O2/c1-15-11-20-19(5-4-6-23(20)33-15)25-28-24(9-10-30-13-16(2)32-17(3)14-30)29-31(25)18-7-8-21(26)22(27)12-18/h4-8,11-12,16-17H,9-10,13-14H2,1-3H3. The van der Waals surface area contributed by atoms with Gasteiger partial charge in [-0.3, -0.25) is 4.90 Å². The van der Waals surface area contributed by atoms with E-state index < -0.39 is 11.6 Å². The van der Waals surface area contributed by atoms with Gasteiger partial charge in [0.05, 0.1) is 17.9 Å². The predicted molar refractivity (Wildman–Crippen MR) is 121 cm³/mol. The Kier molecular flexibility index (Phi) is 5.72. The lowest BCUT2D eigenvalue weighted by atomic mass is 10.1. The number of furan rings is 1. The minimum absolute atomic E-state index is 0.180. The van der Waals surface area contributed by atoms with Crippen LogP contribution in [-0.4, -0.2) is 51.5 Å². The fourth-order valence-electron chi connectivity index (χ4n) is 4.54. The number of benzene rings is 2. The summed E-state index contributed by atoms with van der Waals surface area (Å²) in [6, 6.07) is 11.4. The zero-order chi connectivity index (χ0) is 23.1. The van der Waals surface area contributed by atoms with Crippen molar-refractivity contribution >= 4 is 11.0 Å². The predicted octanol–water partition coefficient (Wildman–Crippen LogP) is 4.92. The third kappa shape index (κ3) is 4.41. The van der Waals surface area contributed by atoms with Crippen LogP contribution < -0.4 is 0 Å². The van der Waals surface area contributed by atoms with Crippen molar-refractivity contribution in [1.82, 2.24) is 19.7 Å². The van der Waals surface area contributed by atoms with Gasteiger partial charge in [0, 0.05) is 43.1 Å². The molecule has 2 aromatic heterocycles. The molecule has 0 amide bonds. The summed E-state index contributed by atoms with van der Waals surface area (Å²) in [6.45, 7) is 8.53. The van der Waals surface area contributed by atoms with E-state index in [1.807, 2.05) is 31.2 Å². The van der Waals surface area contributed by atoms with Crippen molar-refractivity contribution in [3.05, 3.63) is 65.7 Å². The van der Waals surface area contributed by atoms with Crippen LogP contribution in [0.4, 0.5) is 8.78 Å². The first-order chi connectivity index (χ1) is 15.9. The zero-order valence-corrected chi connectivity index (χ0v) is 18.9. The third-order valence-corrected chi connectivity index (χ3v) is 5.87. The molecule has 0 aliphatic carbocycles. The molecule has 1 fully saturated rings. The van der Waals surface area contributed by atoms with Crippen LogP contribution in [0.25, 0.3) is 28.0 Å². The van der Waals surface area contributed by atoms with Gasteiger partial charge in [0.25, 0.3) is 0 Å². The smallest absolute Gasteiger partial charge is 0.164 e. The second kappa shape index (κ2) is 8.68. The van der Waals surface area contributed by atoms with E-state index in [0.717, 1.165) is 54.1 Å². The van der Waals surface area contributed by atoms with Gasteiger partial charge >= 0.3 is 0 Å². The van der Waals surface area contributed by atoms with E-state index in [2.05, 4.69) is 18.7 Å². The van der Waals surface area contributed by atoms with Gasteiger partial charge in [0.15, 0.2) is 23.3 Å². The Morgan fingerprint density at radius 1 is 1.03 bits per heavy atom. The van der Waals surface area contributed by atoms with Crippen molar-refractivity contribution < 1.29 is 17.9 Å². The molecule has 0 saturated carbocycles. The number of aromatic nitrogens is 3. The average molecular weight is 453 g/mol. The number of halogens is 2. The van der Waals surface area contributed by atoms with Gasteiger partial charge in [-0.05, 0) is 45.0 Å². The van der Waals surface area contributed by atoms with E-state index in [1.54, 1.807) is 4.68 Å². The summed E-state index contributed by atoms with van der Waals surface area (Å²) in [5.74, 6) is 0.157. The maximum absolute atomic E-state index is 14.1. The highest BCUT2D eigenvalue weighted by Gasteiger charge is 2.23. The van der Waals surface area contributed by atoms with Crippen molar-refractivity contribution in [2.45, 2.75) is 39.4 Å². The van der Waals surface area contributed by atoms with Crippen LogP contribution in [0, 0.1) is 18.6 Å². The molecule has 2 atom stereocenters. The molecular formula is C25H26F2N4O2. The molecule has 2 aromatic carbocycles. The van der Waals surface area contributed by atoms with Crippen LogP contribution in [-0.2, 0) is 11.2 Å². The molecule has 0 N–H and O–H groups in total. The Hall–Kier alpha value is -3.10. The van der Waals surface area contributed by atoms with Crippen LogP contribution in [0.3, 0.4) is 0 Å². The second-order valence-electron chi connectivity index (χ2n) is 8.70. The van der Waals surface area contributed by atoms with Gasteiger partial charge in [-0.25, -0.2) is 18.4 Å². The molecule has 0 spiro atoms. The molecule has 0 radical (unpaired) electrons. The minimum atomic E-state index is -0.927. The number of hydrogen-bond donors (Lipinski definition) is 0. The number of hydrogen-bond acceptors (Lipinski definition) is 5. The molecule has 4 aromatic rings. The van der Waals surface area contributed by atoms with E-state index in [1.165, 1.54) is 6.07 Å². The Bertz CT molecular complexity index is 1290. The highest BCUT2D eigenvalue weighted by molar-refractivity contribution is 5.92. The quantitative estimate of drug-likeness (QED) is 0.430. The lowest BCUT2D eigenvalue weighted by Gasteiger charge is -2.35. The van der Waals surface area contributed by atoms with E-state index >= 15 is 0 Å². The number of rotatable bonds is 5. The van der Waals surface area contributed by atoms with Gasteiger partial charge in [0.2, 0.25) is 0 Å². The van der Waals surface area contributed by atoms with Crippen LogP contribution in [0.2, 0.25) is 0 Å². The van der Waals surface area contributed by atoms with Crippen LogP contribution in [0.5, 0.6) is 0 Å². The SMILES string of the molecule is Cc1cc2c(-c3nc(CCN4CC(C)OC(C)C4)nn3-c3ccc(F)c(F)c3)cccc2o1. The maximum atomic E-state index is 14.1. The van der Waals surface area contributed by atoms with Gasteiger partial charge in [-0.2, -0.15) is 5.10 Å². The number of morpholine rings is 1. The third-order valence-electron chi connectivity index (χ3n) is 5.87. The first-order valence-electron chi connectivity index (χ1n) is 11.2. The van der Waals surface area contributed by atoms with Crippen LogP contribution in [0.15, 0.2) is 46.9 Å². The van der Waals surface area contributed by atoms with Gasteiger partial charge in [-0.15, -0.1) is 0 Å². The first-order valence-corrected chi connectivity index (χ1v) is 11.2. The highest BCUT2D eigenvalue weighted by atomic mass is 19.2. The molecule has 33 heavy (non-hydrogen) atoms. The molecule has 2 unspecified atom stereocenters. The van der Waals surface area contributed by atoms with Crippen molar-refractivity contribution in [2.75, 3.05) is 19.6 Å². The number of ether oxygens (including phenoxy) is 1. The topological polar surface area (TPSA) is 56.3 Å². The molecular weight excluding hydrogens is 426 g/mol. The van der Waals surface area contributed by atoms with E-state index in [9.17, 15) is 8.78 Å².